The smallest absolute Gasteiger partial charge is 0.330 e. The van der Waals surface area contributed by atoms with Crippen LogP contribution in [0, 0.1) is 6.92 Å². The van der Waals surface area contributed by atoms with Crippen molar-refractivity contribution in [2.75, 3.05) is 0 Å². The second kappa shape index (κ2) is 6.36. The maximum Gasteiger partial charge on any atom is 0.330 e. The second-order valence-electron chi connectivity index (χ2n) is 6.02. The molecular weight excluding hydrogens is 330 g/mol. The number of rotatable bonds is 4. The third kappa shape index (κ3) is 3.02. The first-order chi connectivity index (χ1) is 12.6. The van der Waals surface area contributed by atoms with E-state index in [9.17, 15) is 4.79 Å². The third-order valence-electron chi connectivity index (χ3n) is 4.04. The van der Waals surface area contributed by atoms with Crippen molar-refractivity contribution in [1.82, 2.24) is 24.3 Å². The maximum absolute atomic E-state index is 12.0. The number of nitrogens with zero attached hydrogens (tertiary/aromatic N) is 4. The summed E-state index contributed by atoms with van der Waals surface area (Å²) in [4.78, 5) is 19.0. The van der Waals surface area contributed by atoms with E-state index in [0.717, 1.165) is 22.5 Å². The third-order valence-corrected chi connectivity index (χ3v) is 4.04. The van der Waals surface area contributed by atoms with E-state index in [-0.39, 0.29) is 5.69 Å². The summed E-state index contributed by atoms with van der Waals surface area (Å²) in [5, 5.41) is 4.03. The zero-order valence-electron chi connectivity index (χ0n) is 14.4. The average molecular weight is 347 g/mol. The molecule has 3 heterocycles. The largest absolute Gasteiger partial charge is 0.357 e. The quantitative estimate of drug-likeness (QED) is 0.615. The van der Waals surface area contributed by atoms with Crippen molar-refractivity contribution in [2.24, 2.45) is 7.05 Å². The zero-order valence-corrected chi connectivity index (χ0v) is 14.4. The van der Waals surface area contributed by atoms with Crippen LogP contribution >= 0.6 is 0 Å². The molecule has 4 aromatic rings. The van der Waals surface area contributed by atoms with Gasteiger partial charge in [0.2, 0.25) is 5.82 Å². The topological polar surface area (TPSA) is 81.6 Å². The first kappa shape index (κ1) is 15.9. The lowest BCUT2D eigenvalue weighted by atomic mass is 10.2. The number of nitrogens with one attached hydrogen (secondary N) is 1. The minimum absolute atomic E-state index is 0.181. The van der Waals surface area contributed by atoms with Gasteiger partial charge in [0.1, 0.15) is 0 Å². The lowest BCUT2D eigenvalue weighted by Crippen LogP contribution is -2.15. The van der Waals surface area contributed by atoms with Gasteiger partial charge in [-0.3, -0.25) is 4.57 Å². The van der Waals surface area contributed by atoms with Crippen molar-refractivity contribution < 1.29 is 4.52 Å². The molecule has 26 heavy (non-hydrogen) atoms. The summed E-state index contributed by atoms with van der Waals surface area (Å²) in [7, 11) is 1.96. The normalized spacial score (nSPS) is 11.5. The molecule has 0 aliphatic rings. The Labute approximate surface area is 149 Å². The first-order valence-corrected chi connectivity index (χ1v) is 8.12. The van der Waals surface area contributed by atoms with Crippen LogP contribution in [0.2, 0.25) is 0 Å². The molecule has 0 bridgehead atoms. The van der Waals surface area contributed by atoms with Crippen molar-refractivity contribution in [3.05, 3.63) is 76.6 Å². The average Bonchev–Trinajstić information content (AvgIpc) is 3.34. The van der Waals surface area contributed by atoms with E-state index in [4.69, 9.17) is 4.52 Å². The summed E-state index contributed by atoms with van der Waals surface area (Å²) in [6.07, 6.45) is 9.33. The molecule has 0 aliphatic carbocycles. The first-order valence-electron chi connectivity index (χ1n) is 8.12. The Kier molecular flexibility index (Phi) is 3.89. The van der Waals surface area contributed by atoms with E-state index < -0.39 is 0 Å². The van der Waals surface area contributed by atoms with Crippen LogP contribution in [0.5, 0.6) is 0 Å². The molecule has 0 spiro atoms. The summed E-state index contributed by atoms with van der Waals surface area (Å²) in [6, 6.07) is 9.46. The molecule has 7 heteroatoms. The molecule has 1 N–H and O–H groups in total. The van der Waals surface area contributed by atoms with Gasteiger partial charge in [-0.25, -0.2) is 4.79 Å². The SMILES string of the molecule is Cc1c[nH]c(=O)n1-c1cccc(-c2noc(/C=C/c3ccn(C)c3)n2)c1. The van der Waals surface area contributed by atoms with E-state index in [1.807, 2.05) is 67.3 Å². The van der Waals surface area contributed by atoms with E-state index in [0.29, 0.717) is 11.7 Å². The van der Waals surface area contributed by atoms with Gasteiger partial charge in [-0.1, -0.05) is 17.3 Å². The number of hydrogen-bond acceptors (Lipinski definition) is 4. The van der Waals surface area contributed by atoms with Gasteiger partial charge in [-0.2, -0.15) is 4.98 Å². The lowest BCUT2D eigenvalue weighted by Gasteiger charge is -2.04. The van der Waals surface area contributed by atoms with Gasteiger partial charge < -0.3 is 14.1 Å². The molecular formula is C19H17N5O2. The fraction of sp³-hybridized carbons (Fsp3) is 0.105. The predicted molar refractivity (Wildman–Crippen MR) is 98.8 cm³/mol. The molecule has 0 saturated carbocycles. The van der Waals surface area contributed by atoms with Crippen LogP contribution in [-0.4, -0.2) is 24.3 Å². The molecule has 0 radical (unpaired) electrons. The second-order valence-corrected chi connectivity index (χ2v) is 6.02. The number of imidazole rings is 1. The fourth-order valence-electron chi connectivity index (χ4n) is 2.77. The molecule has 3 aromatic heterocycles. The number of aromatic amines is 1. The monoisotopic (exact) mass is 347 g/mol. The van der Waals surface area contributed by atoms with Crippen LogP contribution in [0.4, 0.5) is 0 Å². The standard InChI is InChI=1S/C19H17N5O2/c1-13-11-20-19(25)24(13)16-5-3-4-15(10-16)18-21-17(26-22-18)7-6-14-8-9-23(2)12-14/h3-12H,1-2H3,(H,20,25)/b7-6+. The van der Waals surface area contributed by atoms with Crippen LogP contribution < -0.4 is 5.69 Å². The fourth-order valence-corrected chi connectivity index (χ4v) is 2.77. The van der Waals surface area contributed by atoms with Crippen molar-refractivity contribution in [1.29, 1.82) is 0 Å². The molecule has 1 aromatic carbocycles. The molecule has 4 rings (SSSR count). The molecule has 0 fully saturated rings. The van der Waals surface area contributed by atoms with Gasteiger partial charge in [-0.05, 0) is 36.8 Å². The zero-order chi connectivity index (χ0) is 18.1. The summed E-state index contributed by atoms with van der Waals surface area (Å²) in [5.41, 5.74) is 3.22. The summed E-state index contributed by atoms with van der Waals surface area (Å²) < 4.78 is 8.86. The van der Waals surface area contributed by atoms with E-state index >= 15 is 0 Å². The summed E-state index contributed by atoms with van der Waals surface area (Å²) in [6.45, 7) is 1.87. The van der Waals surface area contributed by atoms with Gasteiger partial charge in [0.15, 0.2) is 0 Å². The molecule has 0 aliphatic heterocycles. The molecule has 130 valence electrons. The van der Waals surface area contributed by atoms with Crippen molar-refractivity contribution in [2.45, 2.75) is 6.92 Å². The minimum atomic E-state index is -0.181. The van der Waals surface area contributed by atoms with Crippen molar-refractivity contribution in [3.63, 3.8) is 0 Å². The molecule has 0 atom stereocenters. The maximum atomic E-state index is 12.0. The number of benzene rings is 1. The molecule has 0 unspecified atom stereocenters. The molecule has 0 amide bonds. The van der Waals surface area contributed by atoms with Gasteiger partial charge >= 0.3 is 5.69 Å². The highest BCUT2D eigenvalue weighted by molar-refractivity contribution is 5.67. The van der Waals surface area contributed by atoms with Crippen LogP contribution in [0.15, 0.2) is 58.2 Å². The highest BCUT2D eigenvalue weighted by Crippen LogP contribution is 2.20. The minimum Gasteiger partial charge on any atom is -0.357 e. The van der Waals surface area contributed by atoms with Crippen LogP contribution in [0.3, 0.4) is 0 Å². The number of aryl methyl sites for hydroxylation is 2. The van der Waals surface area contributed by atoms with E-state index in [1.54, 1.807) is 16.8 Å². The van der Waals surface area contributed by atoms with Crippen LogP contribution in [0.1, 0.15) is 17.1 Å². The van der Waals surface area contributed by atoms with Crippen molar-refractivity contribution >= 4 is 12.2 Å². The van der Waals surface area contributed by atoms with Gasteiger partial charge in [0.25, 0.3) is 5.89 Å². The van der Waals surface area contributed by atoms with Gasteiger partial charge in [-0.15, -0.1) is 0 Å². The molecule has 7 nitrogen and oxygen atoms in total. The van der Waals surface area contributed by atoms with Crippen LogP contribution in [0.25, 0.3) is 29.2 Å². The Morgan fingerprint density at radius 1 is 1.23 bits per heavy atom. The Morgan fingerprint density at radius 2 is 2.12 bits per heavy atom. The molecule has 0 saturated heterocycles. The lowest BCUT2D eigenvalue weighted by molar-refractivity contribution is 0.411. The van der Waals surface area contributed by atoms with E-state index in [1.165, 1.54) is 0 Å². The summed E-state index contributed by atoms with van der Waals surface area (Å²) in [5.74, 6) is 0.894. The highest BCUT2D eigenvalue weighted by Gasteiger charge is 2.10. The number of aromatic nitrogens is 5. The Bertz CT molecular complexity index is 1140. The Hall–Kier alpha value is -3.61. The highest BCUT2D eigenvalue weighted by atomic mass is 16.5. The van der Waals surface area contributed by atoms with Gasteiger partial charge in [0.05, 0.1) is 5.69 Å². The van der Waals surface area contributed by atoms with E-state index in [2.05, 4.69) is 15.1 Å². The van der Waals surface area contributed by atoms with Crippen LogP contribution in [-0.2, 0) is 7.05 Å². The Morgan fingerprint density at radius 3 is 2.85 bits per heavy atom. The van der Waals surface area contributed by atoms with Gasteiger partial charge in [0, 0.05) is 43.0 Å². The number of hydrogen-bond donors (Lipinski definition) is 1. The predicted octanol–water partition coefficient (Wildman–Crippen LogP) is 3.03. The number of H-pyrrole nitrogens is 1. The van der Waals surface area contributed by atoms with Crippen molar-refractivity contribution in [3.8, 4) is 17.1 Å². The Balaban J connectivity index is 1.63. The summed E-state index contributed by atoms with van der Waals surface area (Å²) >= 11 is 0.